The quantitative estimate of drug-likeness (QED) is 0.127. The number of ether oxygens (including phenoxy) is 2. The summed E-state index contributed by atoms with van der Waals surface area (Å²) in [5, 5.41) is 32.3. The lowest BCUT2D eigenvalue weighted by Crippen LogP contribution is -2.32. The van der Waals surface area contributed by atoms with Crippen molar-refractivity contribution < 1.29 is 24.5 Å². The van der Waals surface area contributed by atoms with Gasteiger partial charge in [0.15, 0.2) is 0 Å². The summed E-state index contributed by atoms with van der Waals surface area (Å²) in [4.78, 5) is 27.7. The van der Waals surface area contributed by atoms with Crippen LogP contribution in [0.4, 0.5) is 10.5 Å². The number of phenolic OH excluding ortho intramolecular Hbond substituents is 1. The summed E-state index contributed by atoms with van der Waals surface area (Å²) in [5.74, 6) is -0.113. The van der Waals surface area contributed by atoms with Crippen molar-refractivity contribution in [2.75, 3.05) is 51.8 Å². The van der Waals surface area contributed by atoms with Crippen molar-refractivity contribution >= 4 is 39.0 Å². The first-order valence-corrected chi connectivity index (χ1v) is 13.5. The van der Waals surface area contributed by atoms with Crippen LogP contribution < -0.4 is 16.1 Å². The lowest BCUT2D eigenvalue weighted by molar-refractivity contribution is 0.0937. The van der Waals surface area contributed by atoms with Gasteiger partial charge in [-0.2, -0.15) is 5.10 Å². The van der Waals surface area contributed by atoms with Crippen LogP contribution in [0.3, 0.4) is 0 Å². The molecule has 5 rings (SSSR count). The molecule has 1 amide bonds. The van der Waals surface area contributed by atoms with Gasteiger partial charge in [0, 0.05) is 44.3 Å². The predicted molar refractivity (Wildman–Crippen MR) is 157 cm³/mol. The first-order chi connectivity index (χ1) is 20.0. The maximum atomic E-state index is 13.8. The number of aliphatic hydroxyl groups is 1. The number of phenols is 1. The number of carbonyl (C=O) groups is 1. The molecular formula is C30H33N5O6. The molecule has 0 radical (unpaired) electrons. The second-order valence-corrected chi connectivity index (χ2v) is 9.64. The molecule has 4 N–H and O–H groups in total. The number of anilines is 1. The minimum absolute atomic E-state index is 0.0247. The van der Waals surface area contributed by atoms with Crippen molar-refractivity contribution in [2.24, 2.45) is 0 Å². The van der Waals surface area contributed by atoms with Gasteiger partial charge in [-0.05, 0) is 29.8 Å². The van der Waals surface area contributed by atoms with Crippen LogP contribution in [0.15, 0.2) is 65.5 Å². The van der Waals surface area contributed by atoms with E-state index in [1.165, 1.54) is 11.0 Å². The third kappa shape index (κ3) is 6.02. The molecule has 0 bridgehead atoms. The maximum Gasteiger partial charge on any atom is 0.409 e. The molecular weight excluding hydrogens is 526 g/mol. The van der Waals surface area contributed by atoms with Gasteiger partial charge < -0.3 is 35.2 Å². The smallest absolute Gasteiger partial charge is 0.409 e. The van der Waals surface area contributed by atoms with Crippen LogP contribution >= 0.6 is 0 Å². The largest absolute Gasteiger partial charge is 0.507 e. The Balaban J connectivity index is 1.36. The van der Waals surface area contributed by atoms with Gasteiger partial charge in [-0.3, -0.25) is 4.79 Å². The van der Waals surface area contributed by atoms with Gasteiger partial charge in [-0.25, -0.2) is 9.31 Å². The molecule has 5 aromatic rings. The Kier molecular flexibility index (Phi) is 8.78. The summed E-state index contributed by atoms with van der Waals surface area (Å²) in [6.07, 6.45) is -0.445. The van der Waals surface area contributed by atoms with E-state index in [1.54, 1.807) is 23.7 Å². The number of benzene rings is 3. The van der Waals surface area contributed by atoms with Gasteiger partial charge in [-0.1, -0.05) is 36.4 Å². The molecule has 0 aliphatic heterocycles. The number of likely N-dealkylation sites (N-methyl/N-ethyl adjacent to an activating group) is 1. The monoisotopic (exact) mass is 559 g/mol. The van der Waals surface area contributed by atoms with E-state index in [9.17, 15) is 14.7 Å². The molecule has 41 heavy (non-hydrogen) atoms. The number of carbonyl (C=O) groups excluding carboxylic acids is 1. The molecule has 0 atom stereocenters. The van der Waals surface area contributed by atoms with E-state index in [0.717, 1.165) is 16.6 Å². The number of rotatable bonds is 13. The third-order valence-electron chi connectivity index (χ3n) is 6.85. The van der Waals surface area contributed by atoms with E-state index in [-0.39, 0.29) is 36.4 Å². The second-order valence-electron chi connectivity index (χ2n) is 9.64. The van der Waals surface area contributed by atoms with E-state index in [0.29, 0.717) is 54.9 Å². The van der Waals surface area contributed by atoms with Crippen LogP contribution in [0, 0.1) is 0 Å². The molecule has 2 heterocycles. The number of aromatic hydroxyl groups is 1. The number of aliphatic hydroxyl groups excluding tert-OH is 1. The van der Waals surface area contributed by atoms with Gasteiger partial charge in [0.2, 0.25) is 5.43 Å². The number of pyridine rings is 1. The molecule has 11 nitrogen and oxygen atoms in total. The average molecular weight is 560 g/mol. The van der Waals surface area contributed by atoms with Crippen LogP contribution in [-0.2, 0) is 22.6 Å². The molecule has 0 fully saturated rings. The number of fused-ring (bicyclic) bond motifs is 2. The van der Waals surface area contributed by atoms with Gasteiger partial charge in [0.1, 0.15) is 12.4 Å². The van der Waals surface area contributed by atoms with Crippen LogP contribution in [0.1, 0.15) is 11.3 Å². The second kappa shape index (κ2) is 12.8. The van der Waals surface area contributed by atoms with Crippen LogP contribution in [-0.4, -0.2) is 77.3 Å². The molecule has 0 spiro atoms. The zero-order valence-corrected chi connectivity index (χ0v) is 22.8. The minimum atomic E-state index is -0.445. The highest BCUT2D eigenvalue weighted by Gasteiger charge is 2.21. The highest BCUT2D eigenvalue weighted by Crippen LogP contribution is 2.33. The van der Waals surface area contributed by atoms with Crippen LogP contribution in [0.5, 0.6) is 5.75 Å². The van der Waals surface area contributed by atoms with Crippen LogP contribution in [0.2, 0.25) is 0 Å². The van der Waals surface area contributed by atoms with Crippen molar-refractivity contribution in [3.8, 4) is 5.75 Å². The summed E-state index contributed by atoms with van der Waals surface area (Å²) < 4.78 is 12.4. The lowest BCUT2D eigenvalue weighted by Gasteiger charge is -2.18. The molecule has 3 aromatic carbocycles. The van der Waals surface area contributed by atoms with Gasteiger partial charge in [0.05, 0.1) is 47.3 Å². The van der Waals surface area contributed by atoms with Gasteiger partial charge >= 0.3 is 6.09 Å². The van der Waals surface area contributed by atoms with E-state index in [1.807, 2.05) is 42.5 Å². The number of hydrogen-bond donors (Lipinski definition) is 4. The number of nitrogens with one attached hydrogen (secondary N) is 2. The van der Waals surface area contributed by atoms with Crippen LogP contribution in [0.25, 0.3) is 27.2 Å². The Bertz CT molecular complexity index is 1690. The first-order valence-electron chi connectivity index (χ1n) is 13.5. The molecule has 2 aromatic heterocycles. The SMILES string of the molecule is CN(CCNc1ccc2c(CNCCOCCO)nn3c4cccc(O)c4c(=O)c1c23)C(=O)OCc1ccccc1. The van der Waals surface area contributed by atoms with Gasteiger partial charge in [0.25, 0.3) is 0 Å². The fourth-order valence-corrected chi connectivity index (χ4v) is 4.81. The van der Waals surface area contributed by atoms with Crippen molar-refractivity contribution in [3.05, 3.63) is 82.1 Å². The topological polar surface area (TPSA) is 138 Å². The molecule has 0 saturated heterocycles. The van der Waals surface area contributed by atoms with Crippen molar-refractivity contribution in [2.45, 2.75) is 13.2 Å². The molecule has 0 unspecified atom stereocenters. The minimum Gasteiger partial charge on any atom is -0.507 e. The van der Waals surface area contributed by atoms with Crippen molar-refractivity contribution in [1.29, 1.82) is 0 Å². The van der Waals surface area contributed by atoms with E-state index >= 15 is 0 Å². The predicted octanol–water partition coefficient (Wildman–Crippen LogP) is 2.92. The van der Waals surface area contributed by atoms with E-state index < -0.39 is 6.09 Å². The number of hydrogen-bond acceptors (Lipinski definition) is 9. The van der Waals surface area contributed by atoms with E-state index in [2.05, 4.69) is 10.6 Å². The fraction of sp³-hybridized carbons (Fsp3) is 0.300. The Labute approximate surface area is 236 Å². The Morgan fingerprint density at radius 1 is 1.02 bits per heavy atom. The molecule has 0 saturated carbocycles. The Morgan fingerprint density at radius 2 is 1.85 bits per heavy atom. The zero-order chi connectivity index (χ0) is 28.8. The fourth-order valence-electron chi connectivity index (χ4n) is 4.81. The number of nitrogens with zero attached hydrogens (tertiary/aromatic N) is 3. The Hall–Kier alpha value is -4.45. The highest BCUT2D eigenvalue weighted by atomic mass is 16.6. The average Bonchev–Trinajstić information content (AvgIpc) is 3.36. The normalized spacial score (nSPS) is 11.5. The van der Waals surface area contributed by atoms with Crippen molar-refractivity contribution in [1.82, 2.24) is 19.8 Å². The standard InChI is InChI=1S/C30H33N5O6/c1-34(30(39)41-19-20-6-3-2-4-7-20)14-12-32-22-11-10-21-23(18-31-13-16-40-17-15-36)33-35-24-8-5-9-25(37)27(24)29(38)26(22)28(21)35/h2-11,31-32,36-37H,12-19H2,1H3. The Morgan fingerprint density at radius 3 is 2.66 bits per heavy atom. The summed E-state index contributed by atoms with van der Waals surface area (Å²) >= 11 is 0. The molecule has 0 aliphatic carbocycles. The van der Waals surface area contributed by atoms with E-state index in [4.69, 9.17) is 19.7 Å². The highest BCUT2D eigenvalue weighted by molar-refractivity contribution is 6.09. The summed E-state index contributed by atoms with van der Waals surface area (Å²) in [6, 6.07) is 18.2. The third-order valence-corrected chi connectivity index (χ3v) is 6.85. The molecule has 0 aliphatic rings. The lowest BCUT2D eigenvalue weighted by atomic mass is 10.0. The summed E-state index contributed by atoms with van der Waals surface area (Å²) in [6.45, 7) is 2.61. The number of amides is 1. The van der Waals surface area contributed by atoms with Crippen molar-refractivity contribution in [3.63, 3.8) is 0 Å². The number of aromatic nitrogens is 2. The van der Waals surface area contributed by atoms with Gasteiger partial charge in [-0.15, -0.1) is 0 Å². The summed E-state index contributed by atoms with van der Waals surface area (Å²) in [5.41, 5.74) is 3.11. The summed E-state index contributed by atoms with van der Waals surface area (Å²) in [7, 11) is 1.66. The maximum absolute atomic E-state index is 13.8. The first kappa shape index (κ1) is 28.1. The molecule has 214 valence electrons. The zero-order valence-electron chi connectivity index (χ0n) is 22.8. The molecule has 11 heteroatoms.